The van der Waals surface area contributed by atoms with Crippen molar-refractivity contribution in [2.45, 2.75) is 16.7 Å². The fourth-order valence-corrected chi connectivity index (χ4v) is 4.26. The molecule has 0 N–H and O–H groups in total. The Morgan fingerprint density at radius 1 is 0.739 bits per heavy atom. The van der Waals surface area contributed by atoms with Crippen LogP contribution < -0.4 is 0 Å². The monoisotopic (exact) mass is 530 g/mol. The van der Waals surface area contributed by atoms with Gasteiger partial charge >= 0.3 is 0 Å². The Hall–Kier alpha value is -0.990. The van der Waals surface area contributed by atoms with Crippen molar-refractivity contribution in [3.05, 3.63) is 96.1 Å². The summed E-state index contributed by atoms with van der Waals surface area (Å²) in [6.07, 6.45) is 9.16. The first-order valence-corrected chi connectivity index (χ1v) is 8.44. The minimum Gasteiger partial charge on any atom is -0.106 e. The molecule has 2 atom stereocenters. The molecule has 114 valence electrons. The van der Waals surface area contributed by atoms with Crippen LogP contribution in [0.1, 0.15) is 34.1 Å². The molecule has 2 aliphatic rings. The van der Waals surface area contributed by atoms with Crippen molar-refractivity contribution in [1.82, 2.24) is 0 Å². The normalized spacial score (nSPS) is 20.7. The van der Waals surface area contributed by atoms with E-state index in [2.05, 4.69) is 102 Å². The van der Waals surface area contributed by atoms with Crippen LogP contribution in [0.3, 0.4) is 0 Å². The zero-order valence-corrected chi connectivity index (χ0v) is 18.1. The van der Waals surface area contributed by atoms with Crippen LogP contribution in [-0.2, 0) is 25.8 Å². The SMILES string of the molecule is BrC(C1C=Cc2ccccc21)C1C=Cc2ccccc21.C=C.[Hf]. The molecular formula is C21H19BrHf. The summed E-state index contributed by atoms with van der Waals surface area (Å²) in [7, 11) is 0. The minimum atomic E-state index is 0. The molecule has 0 amide bonds. The van der Waals surface area contributed by atoms with E-state index < -0.39 is 0 Å². The van der Waals surface area contributed by atoms with E-state index in [9.17, 15) is 0 Å². The van der Waals surface area contributed by atoms with E-state index in [4.69, 9.17) is 0 Å². The Bertz CT molecular complexity index is 671. The van der Waals surface area contributed by atoms with Crippen LogP contribution in [-0.4, -0.2) is 4.83 Å². The molecule has 0 bridgehead atoms. The van der Waals surface area contributed by atoms with Crippen molar-refractivity contribution in [2.24, 2.45) is 0 Å². The molecule has 0 nitrogen and oxygen atoms in total. The van der Waals surface area contributed by atoms with Gasteiger partial charge in [0.2, 0.25) is 0 Å². The average molecular weight is 530 g/mol. The third-order valence-corrected chi connectivity index (χ3v) is 5.50. The zero-order valence-electron chi connectivity index (χ0n) is 13.0. The molecule has 0 fully saturated rings. The van der Waals surface area contributed by atoms with Crippen LogP contribution >= 0.6 is 15.9 Å². The van der Waals surface area contributed by atoms with E-state index in [1.165, 1.54) is 22.3 Å². The topological polar surface area (TPSA) is 0 Å². The summed E-state index contributed by atoms with van der Waals surface area (Å²) in [5.41, 5.74) is 5.59. The van der Waals surface area contributed by atoms with Gasteiger partial charge in [0.1, 0.15) is 0 Å². The third kappa shape index (κ3) is 3.44. The number of benzene rings is 2. The number of halogens is 1. The molecule has 4 rings (SSSR count). The van der Waals surface area contributed by atoms with E-state index in [0.29, 0.717) is 16.7 Å². The Balaban J connectivity index is 0.000000617. The minimum absolute atomic E-state index is 0. The van der Waals surface area contributed by atoms with Gasteiger partial charge in [0.25, 0.3) is 0 Å². The van der Waals surface area contributed by atoms with E-state index in [0.717, 1.165) is 0 Å². The fourth-order valence-electron chi connectivity index (χ4n) is 3.33. The summed E-state index contributed by atoms with van der Waals surface area (Å²) in [5, 5.41) is 0. The molecule has 0 aromatic heterocycles. The molecular weight excluding hydrogens is 511 g/mol. The predicted octanol–water partition coefficient (Wildman–Crippen LogP) is 6.17. The Morgan fingerprint density at radius 3 is 1.57 bits per heavy atom. The van der Waals surface area contributed by atoms with Crippen LogP contribution in [0.25, 0.3) is 12.2 Å². The zero-order chi connectivity index (χ0) is 15.5. The summed E-state index contributed by atoms with van der Waals surface area (Å²) in [6, 6.07) is 17.4. The molecule has 0 saturated heterocycles. The first-order valence-electron chi connectivity index (χ1n) is 7.53. The van der Waals surface area contributed by atoms with Crippen LogP contribution in [0.5, 0.6) is 0 Å². The van der Waals surface area contributed by atoms with E-state index in [1.807, 2.05) is 0 Å². The van der Waals surface area contributed by atoms with Crippen LogP contribution in [0, 0.1) is 0 Å². The number of rotatable bonds is 2. The summed E-state index contributed by atoms with van der Waals surface area (Å²) in [5.74, 6) is 0.902. The van der Waals surface area contributed by atoms with Gasteiger partial charge in [-0.15, -0.1) is 13.2 Å². The second-order valence-electron chi connectivity index (χ2n) is 5.47. The predicted molar refractivity (Wildman–Crippen MR) is 100 cm³/mol. The van der Waals surface area contributed by atoms with Gasteiger partial charge in [-0.3, -0.25) is 0 Å². The fraction of sp³-hybridized carbons (Fsp3) is 0.143. The molecule has 0 aliphatic heterocycles. The molecule has 0 radical (unpaired) electrons. The van der Waals surface area contributed by atoms with Gasteiger partial charge in [0, 0.05) is 42.5 Å². The molecule has 2 aromatic carbocycles. The number of fused-ring (bicyclic) bond motifs is 2. The van der Waals surface area contributed by atoms with E-state index in [1.54, 1.807) is 0 Å². The maximum Gasteiger partial charge on any atom is 0.0353 e. The van der Waals surface area contributed by atoms with Crippen molar-refractivity contribution in [1.29, 1.82) is 0 Å². The Kier molecular flexibility index (Phi) is 6.55. The van der Waals surface area contributed by atoms with Gasteiger partial charge in [0.15, 0.2) is 0 Å². The van der Waals surface area contributed by atoms with Crippen LogP contribution in [0.15, 0.2) is 73.8 Å². The van der Waals surface area contributed by atoms with Gasteiger partial charge in [-0.05, 0) is 22.3 Å². The maximum absolute atomic E-state index is 3.97. The van der Waals surface area contributed by atoms with Gasteiger partial charge < -0.3 is 0 Å². The number of hydrogen-bond donors (Lipinski definition) is 0. The van der Waals surface area contributed by atoms with E-state index in [-0.39, 0.29) is 25.8 Å². The number of alkyl halides is 1. The van der Waals surface area contributed by atoms with Gasteiger partial charge in [0.05, 0.1) is 0 Å². The Morgan fingerprint density at radius 2 is 1.13 bits per heavy atom. The van der Waals surface area contributed by atoms with Crippen LogP contribution in [0.4, 0.5) is 0 Å². The number of hydrogen-bond acceptors (Lipinski definition) is 0. The maximum atomic E-state index is 3.97. The van der Waals surface area contributed by atoms with Gasteiger partial charge in [-0.25, -0.2) is 0 Å². The second kappa shape index (κ2) is 8.21. The average Bonchev–Trinajstić information content (AvgIpc) is 3.20. The molecule has 2 unspecified atom stereocenters. The molecule has 2 aliphatic carbocycles. The Labute approximate surface area is 165 Å². The number of allylic oxidation sites excluding steroid dienone is 2. The molecule has 0 spiro atoms. The summed E-state index contributed by atoms with van der Waals surface area (Å²) in [6.45, 7) is 6.00. The summed E-state index contributed by atoms with van der Waals surface area (Å²) < 4.78 is 0. The van der Waals surface area contributed by atoms with E-state index >= 15 is 0 Å². The molecule has 23 heavy (non-hydrogen) atoms. The van der Waals surface area contributed by atoms with Crippen LogP contribution in [0.2, 0.25) is 0 Å². The van der Waals surface area contributed by atoms with Crippen molar-refractivity contribution < 1.29 is 25.8 Å². The van der Waals surface area contributed by atoms with Crippen molar-refractivity contribution in [3.8, 4) is 0 Å². The summed E-state index contributed by atoms with van der Waals surface area (Å²) in [4.78, 5) is 0.405. The second-order valence-corrected chi connectivity index (χ2v) is 6.53. The van der Waals surface area contributed by atoms with Crippen molar-refractivity contribution in [2.75, 3.05) is 0 Å². The quantitative estimate of drug-likeness (QED) is 0.248. The van der Waals surface area contributed by atoms with Gasteiger partial charge in [-0.2, -0.15) is 0 Å². The van der Waals surface area contributed by atoms with Crippen molar-refractivity contribution >= 4 is 28.1 Å². The molecule has 2 heteroatoms. The molecule has 0 saturated carbocycles. The summed E-state index contributed by atoms with van der Waals surface area (Å²) >= 11 is 3.97. The standard InChI is InChI=1S/C19H15Br.C2H4.Hf/c20-19(17-11-9-13-5-1-3-7-15(13)17)18-12-10-14-6-2-4-8-16(14)18;1-2;/h1-12,17-19H;1-2H2;. The first-order chi connectivity index (χ1) is 10.8. The smallest absolute Gasteiger partial charge is 0.0353 e. The first kappa shape index (κ1) is 18.4. The van der Waals surface area contributed by atoms with Gasteiger partial charge in [-0.1, -0.05) is 88.8 Å². The molecule has 0 heterocycles. The molecule has 2 aromatic rings. The largest absolute Gasteiger partial charge is 0.106 e. The van der Waals surface area contributed by atoms with Crippen molar-refractivity contribution in [3.63, 3.8) is 0 Å². The third-order valence-electron chi connectivity index (χ3n) is 4.36.